The van der Waals surface area contributed by atoms with E-state index >= 15 is 0 Å². The van der Waals surface area contributed by atoms with Crippen LogP contribution < -0.4 is 5.32 Å². The number of fused-ring (bicyclic) bond motifs is 1. The van der Waals surface area contributed by atoms with Gasteiger partial charge in [0.15, 0.2) is 0 Å². The van der Waals surface area contributed by atoms with E-state index in [9.17, 15) is 14.0 Å². The normalized spacial score (nSPS) is 14.4. The second kappa shape index (κ2) is 9.72. The highest BCUT2D eigenvalue weighted by molar-refractivity contribution is 7.09. The minimum atomic E-state index is -0.303. The largest absolute Gasteiger partial charge is 0.343 e. The summed E-state index contributed by atoms with van der Waals surface area (Å²) in [6.07, 6.45) is 1.89. The van der Waals surface area contributed by atoms with Gasteiger partial charge < -0.3 is 15.2 Å². The number of likely N-dealkylation sites (tertiary alicyclic amines) is 1. The van der Waals surface area contributed by atoms with Gasteiger partial charge in [-0.15, -0.1) is 11.3 Å². The summed E-state index contributed by atoms with van der Waals surface area (Å²) in [4.78, 5) is 39.3. The highest BCUT2D eigenvalue weighted by atomic mass is 32.1. The Labute approximate surface area is 200 Å². The maximum atomic E-state index is 13.1. The monoisotopic (exact) mass is 477 g/mol. The van der Waals surface area contributed by atoms with Crippen molar-refractivity contribution in [2.24, 2.45) is 0 Å². The first-order valence-electron chi connectivity index (χ1n) is 11.2. The van der Waals surface area contributed by atoms with E-state index in [2.05, 4.69) is 20.3 Å². The van der Waals surface area contributed by atoms with E-state index in [1.165, 1.54) is 23.5 Å². The van der Waals surface area contributed by atoms with Gasteiger partial charge in [-0.1, -0.05) is 24.3 Å². The Kier molecular flexibility index (Phi) is 6.35. The molecule has 4 aromatic rings. The van der Waals surface area contributed by atoms with Crippen LogP contribution in [0.2, 0.25) is 0 Å². The molecule has 7 nitrogen and oxygen atoms in total. The lowest BCUT2D eigenvalue weighted by Gasteiger charge is -2.31. The van der Waals surface area contributed by atoms with Crippen LogP contribution in [0.4, 0.5) is 4.39 Å². The van der Waals surface area contributed by atoms with Crippen molar-refractivity contribution in [1.82, 2.24) is 25.2 Å². The molecule has 2 aromatic heterocycles. The Bertz CT molecular complexity index is 1280. The Hall–Kier alpha value is -3.59. The molecular weight excluding hydrogens is 453 g/mol. The van der Waals surface area contributed by atoms with Crippen LogP contribution >= 0.6 is 11.3 Å². The fourth-order valence-electron chi connectivity index (χ4n) is 4.19. The first-order chi connectivity index (χ1) is 16.5. The number of aromatic amines is 1. The fraction of sp³-hybridized carbons (Fsp3) is 0.280. The zero-order chi connectivity index (χ0) is 23.5. The zero-order valence-electron chi connectivity index (χ0n) is 18.5. The van der Waals surface area contributed by atoms with Crippen LogP contribution in [0.25, 0.3) is 11.0 Å². The highest BCUT2D eigenvalue weighted by Gasteiger charge is 2.26. The number of rotatable bonds is 6. The van der Waals surface area contributed by atoms with Gasteiger partial charge in [-0.05, 0) is 42.7 Å². The number of aromatic nitrogens is 3. The molecule has 0 saturated carbocycles. The number of nitrogens with one attached hydrogen (secondary N) is 2. The van der Waals surface area contributed by atoms with Crippen molar-refractivity contribution in [2.45, 2.75) is 31.7 Å². The summed E-state index contributed by atoms with van der Waals surface area (Å²) in [6.45, 7) is 1.60. The van der Waals surface area contributed by atoms with Crippen molar-refractivity contribution in [2.75, 3.05) is 13.1 Å². The predicted molar refractivity (Wildman–Crippen MR) is 128 cm³/mol. The number of piperidine rings is 1. The third-order valence-electron chi connectivity index (χ3n) is 6.07. The summed E-state index contributed by atoms with van der Waals surface area (Å²) in [5.41, 5.74) is 3.02. The van der Waals surface area contributed by atoms with E-state index in [0.29, 0.717) is 31.2 Å². The lowest BCUT2D eigenvalue weighted by molar-refractivity contribution is -0.131. The molecule has 5 rings (SSSR count). The van der Waals surface area contributed by atoms with Gasteiger partial charge >= 0.3 is 0 Å². The molecule has 9 heteroatoms. The van der Waals surface area contributed by atoms with Crippen molar-refractivity contribution < 1.29 is 14.0 Å². The van der Waals surface area contributed by atoms with Gasteiger partial charge in [0.05, 0.1) is 29.0 Å². The topological polar surface area (TPSA) is 91.0 Å². The van der Waals surface area contributed by atoms with Crippen LogP contribution in [-0.2, 0) is 17.8 Å². The number of amides is 2. The lowest BCUT2D eigenvalue weighted by Crippen LogP contribution is -2.38. The molecule has 2 aromatic carbocycles. The summed E-state index contributed by atoms with van der Waals surface area (Å²) in [6, 6.07) is 13.8. The third kappa shape index (κ3) is 4.99. The molecule has 3 heterocycles. The van der Waals surface area contributed by atoms with Crippen LogP contribution in [0, 0.1) is 5.82 Å². The van der Waals surface area contributed by atoms with E-state index in [1.54, 1.807) is 17.5 Å². The summed E-state index contributed by atoms with van der Waals surface area (Å²) >= 11 is 1.49. The summed E-state index contributed by atoms with van der Waals surface area (Å²) in [5.74, 6) is 0.451. The standard InChI is InChI=1S/C25H24FN5O2S/c26-18-7-5-16(6-8-18)13-23(32)31-11-9-17(10-12-31)25-30-21(15-34-25)24(33)27-14-22-28-19-3-1-2-4-20(19)29-22/h1-8,15,17H,9-14H2,(H,27,33)(H,28,29). The number of nitrogens with zero attached hydrogens (tertiary/aromatic N) is 3. The van der Waals surface area contributed by atoms with Gasteiger partial charge in [0.2, 0.25) is 5.91 Å². The molecule has 2 amide bonds. The minimum absolute atomic E-state index is 0.0508. The van der Waals surface area contributed by atoms with Gasteiger partial charge in [0.1, 0.15) is 17.3 Å². The van der Waals surface area contributed by atoms with Crippen molar-refractivity contribution in [3.05, 3.63) is 81.8 Å². The molecule has 0 spiro atoms. The molecule has 1 aliphatic heterocycles. The van der Waals surface area contributed by atoms with Crippen LogP contribution in [-0.4, -0.2) is 44.8 Å². The van der Waals surface area contributed by atoms with E-state index in [0.717, 1.165) is 34.4 Å². The van der Waals surface area contributed by atoms with Gasteiger partial charge in [-0.3, -0.25) is 9.59 Å². The van der Waals surface area contributed by atoms with Crippen LogP contribution in [0.1, 0.15) is 45.6 Å². The number of thiazole rings is 1. The Morgan fingerprint density at radius 1 is 1.09 bits per heavy atom. The van der Waals surface area contributed by atoms with Crippen molar-refractivity contribution in [3.8, 4) is 0 Å². The molecular formula is C25H24FN5O2S. The Morgan fingerprint density at radius 2 is 1.85 bits per heavy atom. The molecule has 174 valence electrons. The molecule has 34 heavy (non-hydrogen) atoms. The van der Waals surface area contributed by atoms with E-state index < -0.39 is 0 Å². The van der Waals surface area contributed by atoms with Crippen LogP contribution in [0.3, 0.4) is 0 Å². The predicted octanol–water partition coefficient (Wildman–Crippen LogP) is 4.04. The van der Waals surface area contributed by atoms with Crippen LogP contribution in [0.5, 0.6) is 0 Å². The van der Waals surface area contributed by atoms with E-state index in [1.807, 2.05) is 29.2 Å². The maximum absolute atomic E-state index is 13.1. The van der Waals surface area contributed by atoms with Gasteiger partial charge in [-0.2, -0.15) is 0 Å². The molecule has 1 fully saturated rings. The first kappa shape index (κ1) is 22.2. The molecule has 0 unspecified atom stereocenters. The number of hydrogen-bond acceptors (Lipinski definition) is 5. The van der Waals surface area contributed by atoms with Crippen molar-refractivity contribution in [3.63, 3.8) is 0 Å². The third-order valence-corrected chi connectivity index (χ3v) is 7.08. The number of carbonyl (C=O) groups is 2. The number of H-pyrrole nitrogens is 1. The van der Waals surface area contributed by atoms with Crippen molar-refractivity contribution >= 4 is 34.2 Å². The summed E-state index contributed by atoms with van der Waals surface area (Å²) in [5, 5.41) is 5.59. The van der Waals surface area contributed by atoms with Crippen molar-refractivity contribution in [1.29, 1.82) is 0 Å². The highest BCUT2D eigenvalue weighted by Crippen LogP contribution is 2.30. The average molecular weight is 478 g/mol. The van der Waals surface area contributed by atoms with Crippen LogP contribution in [0.15, 0.2) is 53.9 Å². The Morgan fingerprint density at radius 3 is 2.62 bits per heavy atom. The molecule has 0 atom stereocenters. The van der Waals surface area contributed by atoms with E-state index in [4.69, 9.17) is 0 Å². The molecule has 0 radical (unpaired) electrons. The van der Waals surface area contributed by atoms with Gasteiger partial charge in [0.25, 0.3) is 5.91 Å². The number of carbonyl (C=O) groups excluding carboxylic acids is 2. The second-order valence-corrected chi connectivity index (χ2v) is 9.30. The maximum Gasteiger partial charge on any atom is 0.271 e. The SMILES string of the molecule is O=C(NCc1nc2ccccc2[nH]1)c1csc(C2CCN(C(=O)Cc3ccc(F)cc3)CC2)n1. The number of hydrogen-bond donors (Lipinski definition) is 2. The lowest BCUT2D eigenvalue weighted by atomic mass is 9.97. The zero-order valence-corrected chi connectivity index (χ0v) is 19.3. The molecule has 1 saturated heterocycles. The number of benzene rings is 2. The average Bonchev–Trinajstić information content (AvgIpc) is 3.51. The molecule has 2 N–H and O–H groups in total. The number of halogens is 1. The molecule has 0 bridgehead atoms. The smallest absolute Gasteiger partial charge is 0.271 e. The quantitative estimate of drug-likeness (QED) is 0.439. The molecule has 0 aliphatic carbocycles. The fourth-order valence-corrected chi connectivity index (χ4v) is 5.16. The number of imidazole rings is 1. The van der Waals surface area contributed by atoms with Gasteiger partial charge in [-0.25, -0.2) is 14.4 Å². The van der Waals surface area contributed by atoms with E-state index in [-0.39, 0.29) is 30.0 Å². The van der Waals surface area contributed by atoms with Gasteiger partial charge in [0, 0.05) is 24.4 Å². The second-order valence-electron chi connectivity index (χ2n) is 8.41. The summed E-state index contributed by atoms with van der Waals surface area (Å²) < 4.78 is 13.1. The minimum Gasteiger partial charge on any atom is -0.343 e. The number of para-hydroxylation sites is 2. The Balaban J connectivity index is 1.12. The molecule has 1 aliphatic rings. The first-order valence-corrected chi connectivity index (χ1v) is 12.1. The summed E-state index contributed by atoms with van der Waals surface area (Å²) in [7, 11) is 0.